The Kier molecular flexibility index (Phi) is 4.93. The van der Waals surface area contributed by atoms with Gasteiger partial charge in [0.2, 0.25) is 5.91 Å². The van der Waals surface area contributed by atoms with Crippen LogP contribution in [0.3, 0.4) is 0 Å². The molecule has 2 heterocycles. The van der Waals surface area contributed by atoms with Gasteiger partial charge in [0.25, 0.3) is 0 Å². The number of carbonyl (C=O) groups is 1. The number of anilines is 1. The highest BCUT2D eigenvalue weighted by atomic mass is 19.1. The first-order valence-corrected chi connectivity index (χ1v) is 9.76. The fraction of sp³-hybridized carbons (Fsp3) is 0.650. The number of rotatable bonds is 5. The van der Waals surface area contributed by atoms with Crippen molar-refractivity contribution in [1.29, 1.82) is 0 Å². The third-order valence-corrected chi connectivity index (χ3v) is 5.80. The van der Waals surface area contributed by atoms with Crippen LogP contribution in [-0.2, 0) is 11.3 Å². The molecule has 5 heteroatoms. The van der Waals surface area contributed by atoms with Crippen molar-refractivity contribution in [3.05, 3.63) is 29.6 Å². The van der Waals surface area contributed by atoms with Crippen LogP contribution in [0.5, 0.6) is 0 Å². The van der Waals surface area contributed by atoms with Gasteiger partial charge >= 0.3 is 0 Å². The van der Waals surface area contributed by atoms with Crippen molar-refractivity contribution in [2.45, 2.75) is 51.1 Å². The molecule has 1 aromatic rings. The van der Waals surface area contributed by atoms with Gasteiger partial charge in [-0.25, -0.2) is 4.39 Å². The zero-order chi connectivity index (χ0) is 17.2. The summed E-state index contributed by atoms with van der Waals surface area (Å²) in [7, 11) is 0. The van der Waals surface area contributed by atoms with E-state index in [2.05, 4.69) is 21.2 Å². The van der Waals surface area contributed by atoms with E-state index >= 15 is 0 Å². The smallest absolute Gasteiger partial charge is 0.223 e. The first-order valence-electron chi connectivity index (χ1n) is 9.76. The molecule has 0 atom stereocenters. The minimum absolute atomic E-state index is 0.0893. The first-order chi connectivity index (χ1) is 12.2. The number of hydrogen-bond donors (Lipinski definition) is 1. The second-order valence-corrected chi connectivity index (χ2v) is 7.76. The van der Waals surface area contributed by atoms with Gasteiger partial charge in [-0.05, 0) is 50.7 Å². The minimum atomic E-state index is -0.0893. The van der Waals surface area contributed by atoms with Crippen molar-refractivity contribution in [3.63, 3.8) is 0 Å². The Morgan fingerprint density at radius 1 is 1.08 bits per heavy atom. The van der Waals surface area contributed by atoms with Crippen LogP contribution in [0.15, 0.2) is 18.2 Å². The van der Waals surface area contributed by atoms with Crippen molar-refractivity contribution in [2.24, 2.45) is 5.92 Å². The van der Waals surface area contributed by atoms with Gasteiger partial charge in [0.1, 0.15) is 5.82 Å². The standard InChI is InChI=1S/C20H28FN3O/c21-18-4-3-5-19(24-10-1-2-11-24)17(18)14-23-12-8-16(9-13-23)22-20(25)15-6-7-15/h3-5,15-16H,1-2,6-14H2,(H,22,25). The van der Waals surface area contributed by atoms with Gasteiger partial charge in [-0.2, -0.15) is 0 Å². The molecule has 0 aromatic heterocycles. The average molecular weight is 345 g/mol. The number of nitrogens with zero attached hydrogens (tertiary/aromatic N) is 2. The lowest BCUT2D eigenvalue weighted by Gasteiger charge is -2.33. The van der Waals surface area contributed by atoms with E-state index < -0.39 is 0 Å². The molecule has 1 amide bonds. The normalized spacial score (nSPS) is 22.4. The summed E-state index contributed by atoms with van der Waals surface area (Å²) in [5, 5.41) is 3.18. The number of piperidine rings is 1. The zero-order valence-electron chi connectivity index (χ0n) is 14.8. The summed E-state index contributed by atoms with van der Waals surface area (Å²) < 4.78 is 14.5. The van der Waals surface area contributed by atoms with Crippen molar-refractivity contribution in [2.75, 3.05) is 31.1 Å². The molecular formula is C20H28FN3O. The highest BCUT2D eigenvalue weighted by Crippen LogP contribution is 2.30. The summed E-state index contributed by atoms with van der Waals surface area (Å²) in [4.78, 5) is 16.6. The highest BCUT2D eigenvalue weighted by molar-refractivity contribution is 5.81. The van der Waals surface area contributed by atoms with Crippen LogP contribution < -0.4 is 10.2 Å². The fourth-order valence-electron chi connectivity index (χ4n) is 4.08. The molecule has 0 spiro atoms. The van der Waals surface area contributed by atoms with Crippen molar-refractivity contribution >= 4 is 11.6 Å². The van der Waals surface area contributed by atoms with Gasteiger partial charge in [-0.3, -0.25) is 9.69 Å². The highest BCUT2D eigenvalue weighted by Gasteiger charge is 2.32. The van der Waals surface area contributed by atoms with Gasteiger partial charge in [-0.1, -0.05) is 6.07 Å². The predicted molar refractivity (Wildman–Crippen MR) is 97.0 cm³/mol. The molecular weight excluding hydrogens is 317 g/mol. The lowest BCUT2D eigenvalue weighted by atomic mass is 10.0. The first kappa shape index (κ1) is 16.8. The molecule has 4 rings (SSSR count). The Labute approximate surface area is 149 Å². The Balaban J connectivity index is 1.36. The van der Waals surface area contributed by atoms with Crippen LogP contribution in [-0.4, -0.2) is 43.0 Å². The molecule has 25 heavy (non-hydrogen) atoms. The molecule has 1 N–H and O–H groups in total. The molecule has 0 bridgehead atoms. The van der Waals surface area contributed by atoms with Crippen molar-refractivity contribution < 1.29 is 9.18 Å². The number of halogens is 1. The van der Waals surface area contributed by atoms with Crippen LogP contribution in [0.4, 0.5) is 10.1 Å². The predicted octanol–water partition coefficient (Wildman–Crippen LogP) is 2.92. The number of benzene rings is 1. The van der Waals surface area contributed by atoms with E-state index in [0.29, 0.717) is 12.6 Å². The zero-order valence-corrected chi connectivity index (χ0v) is 14.8. The molecule has 136 valence electrons. The SMILES string of the molecule is O=C(NC1CCN(Cc2c(F)cccc2N2CCCC2)CC1)C1CC1. The number of carbonyl (C=O) groups excluding carboxylic acids is 1. The Morgan fingerprint density at radius 3 is 2.48 bits per heavy atom. The topological polar surface area (TPSA) is 35.6 Å². The van der Waals surface area contributed by atoms with E-state index in [1.165, 1.54) is 12.8 Å². The number of likely N-dealkylation sites (tertiary alicyclic amines) is 1. The van der Waals surface area contributed by atoms with E-state index in [1.54, 1.807) is 6.07 Å². The molecule has 3 fully saturated rings. The van der Waals surface area contributed by atoms with Crippen molar-refractivity contribution in [1.82, 2.24) is 10.2 Å². The Bertz CT molecular complexity index is 617. The maximum atomic E-state index is 14.5. The molecule has 2 aliphatic heterocycles. The third kappa shape index (κ3) is 3.97. The quantitative estimate of drug-likeness (QED) is 0.891. The van der Waals surface area contributed by atoms with Gasteiger partial charge < -0.3 is 10.2 Å². The third-order valence-electron chi connectivity index (χ3n) is 5.80. The maximum absolute atomic E-state index is 14.5. The van der Waals surface area contributed by atoms with Crippen LogP contribution in [0.2, 0.25) is 0 Å². The lowest BCUT2D eigenvalue weighted by Crippen LogP contribution is -2.45. The second-order valence-electron chi connectivity index (χ2n) is 7.76. The van der Waals surface area contributed by atoms with E-state index in [0.717, 1.165) is 63.1 Å². The molecule has 1 aromatic carbocycles. The molecule has 3 aliphatic rings. The molecule has 0 radical (unpaired) electrons. The van der Waals surface area contributed by atoms with Gasteiger partial charge in [0.05, 0.1) is 0 Å². The minimum Gasteiger partial charge on any atom is -0.371 e. The van der Waals surface area contributed by atoms with E-state index in [4.69, 9.17) is 0 Å². The molecule has 4 nitrogen and oxygen atoms in total. The van der Waals surface area contributed by atoms with Crippen LogP contribution >= 0.6 is 0 Å². The number of amides is 1. The number of nitrogens with one attached hydrogen (secondary N) is 1. The molecule has 0 unspecified atom stereocenters. The molecule has 2 saturated heterocycles. The summed E-state index contributed by atoms with van der Waals surface area (Å²) in [6.45, 7) is 4.58. The van der Waals surface area contributed by atoms with E-state index in [9.17, 15) is 9.18 Å². The van der Waals surface area contributed by atoms with E-state index in [1.807, 2.05) is 6.07 Å². The van der Waals surface area contributed by atoms with Gasteiger partial charge in [0, 0.05) is 55.9 Å². The largest absolute Gasteiger partial charge is 0.371 e. The summed E-state index contributed by atoms with van der Waals surface area (Å²) >= 11 is 0. The van der Waals surface area contributed by atoms with Crippen LogP contribution in [0.1, 0.15) is 44.1 Å². The van der Waals surface area contributed by atoms with E-state index in [-0.39, 0.29) is 17.6 Å². The summed E-state index contributed by atoms with van der Waals surface area (Å²) in [5.74, 6) is 0.428. The van der Waals surface area contributed by atoms with Crippen LogP contribution in [0, 0.1) is 11.7 Å². The maximum Gasteiger partial charge on any atom is 0.223 e. The summed E-state index contributed by atoms with van der Waals surface area (Å²) in [5.41, 5.74) is 1.91. The summed E-state index contributed by atoms with van der Waals surface area (Å²) in [6.07, 6.45) is 6.43. The second kappa shape index (κ2) is 7.32. The molecule has 1 saturated carbocycles. The Hall–Kier alpha value is -1.62. The Morgan fingerprint density at radius 2 is 1.80 bits per heavy atom. The van der Waals surface area contributed by atoms with Crippen molar-refractivity contribution in [3.8, 4) is 0 Å². The number of hydrogen-bond acceptors (Lipinski definition) is 3. The summed E-state index contributed by atoms with van der Waals surface area (Å²) in [6, 6.07) is 5.76. The van der Waals surface area contributed by atoms with Gasteiger partial charge in [0.15, 0.2) is 0 Å². The molecule has 1 aliphatic carbocycles. The monoisotopic (exact) mass is 345 g/mol. The fourth-order valence-corrected chi connectivity index (χ4v) is 4.08. The van der Waals surface area contributed by atoms with Crippen LogP contribution in [0.25, 0.3) is 0 Å². The lowest BCUT2D eigenvalue weighted by molar-refractivity contribution is -0.123. The average Bonchev–Trinajstić information content (AvgIpc) is 3.34. The van der Waals surface area contributed by atoms with Gasteiger partial charge in [-0.15, -0.1) is 0 Å².